The summed E-state index contributed by atoms with van der Waals surface area (Å²) in [5.41, 5.74) is 0.303. The average molecular weight is 311 g/mol. The van der Waals surface area contributed by atoms with Gasteiger partial charge in [0.25, 0.3) is 5.91 Å². The Morgan fingerprint density at radius 1 is 1.29 bits per heavy atom. The van der Waals surface area contributed by atoms with Crippen molar-refractivity contribution in [1.29, 1.82) is 0 Å². The normalized spacial score (nSPS) is 18.9. The average Bonchev–Trinajstić information content (AvgIpc) is 3.24. The molecule has 0 spiro atoms. The largest absolute Gasteiger partial charge is 0.485 e. The quantitative estimate of drug-likeness (QED) is 0.814. The SMILES string of the molecule is COc1nsc(OC)c1C(=O)N1CCN(C2CC2)C(=O)C1. The van der Waals surface area contributed by atoms with Crippen molar-refractivity contribution in [1.82, 2.24) is 14.2 Å². The van der Waals surface area contributed by atoms with E-state index in [1.165, 1.54) is 19.1 Å². The summed E-state index contributed by atoms with van der Waals surface area (Å²) in [6, 6.07) is 0.390. The van der Waals surface area contributed by atoms with E-state index in [9.17, 15) is 9.59 Å². The van der Waals surface area contributed by atoms with Crippen LogP contribution in [-0.4, -0.2) is 65.9 Å². The zero-order valence-electron chi connectivity index (χ0n) is 12.0. The fraction of sp³-hybridized carbons (Fsp3) is 0.615. The molecule has 114 valence electrons. The molecule has 21 heavy (non-hydrogen) atoms. The Kier molecular flexibility index (Phi) is 3.71. The number of rotatable bonds is 4. The van der Waals surface area contributed by atoms with Gasteiger partial charge in [-0.05, 0) is 12.8 Å². The summed E-state index contributed by atoms with van der Waals surface area (Å²) >= 11 is 1.07. The molecule has 1 aromatic heterocycles. The van der Waals surface area contributed by atoms with Gasteiger partial charge in [-0.15, -0.1) is 0 Å². The van der Waals surface area contributed by atoms with Crippen LogP contribution in [-0.2, 0) is 4.79 Å². The molecule has 2 aliphatic rings. The van der Waals surface area contributed by atoms with Crippen molar-refractivity contribution in [3.63, 3.8) is 0 Å². The molecule has 2 fully saturated rings. The van der Waals surface area contributed by atoms with Gasteiger partial charge in [0.1, 0.15) is 6.54 Å². The monoisotopic (exact) mass is 311 g/mol. The lowest BCUT2D eigenvalue weighted by molar-refractivity contribution is -0.135. The van der Waals surface area contributed by atoms with E-state index in [0.29, 0.717) is 29.8 Å². The molecule has 0 radical (unpaired) electrons. The number of ether oxygens (including phenoxy) is 2. The first kappa shape index (κ1) is 14.1. The van der Waals surface area contributed by atoms with Crippen molar-refractivity contribution in [2.45, 2.75) is 18.9 Å². The van der Waals surface area contributed by atoms with Gasteiger partial charge >= 0.3 is 0 Å². The van der Waals surface area contributed by atoms with Crippen molar-refractivity contribution in [2.75, 3.05) is 33.9 Å². The molecule has 2 heterocycles. The first-order chi connectivity index (χ1) is 10.2. The van der Waals surface area contributed by atoms with E-state index < -0.39 is 0 Å². The maximum Gasteiger partial charge on any atom is 0.264 e. The second kappa shape index (κ2) is 5.51. The number of amides is 2. The molecule has 0 N–H and O–H groups in total. The van der Waals surface area contributed by atoms with Crippen LogP contribution in [0.2, 0.25) is 0 Å². The minimum Gasteiger partial charge on any atom is -0.485 e. The van der Waals surface area contributed by atoms with Gasteiger partial charge in [0.05, 0.1) is 14.2 Å². The fourth-order valence-corrected chi connectivity index (χ4v) is 3.18. The van der Waals surface area contributed by atoms with Crippen LogP contribution in [0.5, 0.6) is 10.9 Å². The van der Waals surface area contributed by atoms with Crippen molar-refractivity contribution in [3.8, 4) is 10.9 Å². The molecule has 0 unspecified atom stereocenters. The summed E-state index contributed by atoms with van der Waals surface area (Å²) < 4.78 is 14.3. The van der Waals surface area contributed by atoms with E-state index in [1.54, 1.807) is 0 Å². The first-order valence-corrected chi connectivity index (χ1v) is 7.59. The number of aromatic nitrogens is 1. The van der Waals surface area contributed by atoms with E-state index >= 15 is 0 Å². The molecule has 3 rings (SSSR count). The molecular weight excluding hydrogens is 294 g/mol. The Labute approximate surface area is 126 Å². The lowest BCUT2D eigenvalue weighted by Crippen LogP contribution is -2.52. The van der Waals surface area contributed by atoms with Gasteiger partial charge < -0.3 is 19.3 Å². The molecule has 8 heteroatoms. The zero-order valence-corrected chi connectivity index (χ0v) is 12.8. The zero-order chi connectivity index (χ0) is 15.0. The van der Waals surface area contributed by atoms with Gasteiger partial charge in [-0.2, -0.15) is 4.37 Å². The second-order valence-corrected chi connectivity index (χ2v) is 5.84. The van der Waals surface area contributed by atoms with Gasteiger partial charge in [-0.3, -0.25) is 9.59 Å². The summed E-state index contributed by atoms with van der Waals surface area (Å²) in [5.74, 6) is -0.00149. The number of hydrogen-bond acceptors (Lipinski definition) is 6. The third-order valence-electron chi connectivity index (χ3n) is 3.75. The van der Waals surface area contributed by atoms with Crippen LogP contribution in [0.25, 0.3) is 0 Å². The Balaban J connectivity index is 1.76. The van der Waals surface area contributed by atoms with Gasteiger partial charge in [0, 0.05) is 30.7 Å². The number of carbonyl (C=O) groups excluding carboxylic acids is 2. The van der Waals surface area contributed by atoms with E-state index in [2.05, 4.69) is 4.37 Å². The van der Waals surface area contributed by atoms with Crippen LogP contribution < -0.4 is 9.47 Å². The second-order valence-electron chi connectivity index (χ2n) is 5.10. The lowest BCUT2D eigenvalue weighted by atomic mass is 10.2. The minimum atomic E-state index is -0.263. The predicted molar refractivity (Wildman–Crippen MR) is 75.9 cm³/mol. The molecule has 0 bridgehead atoms. The van der Waals surface area contributed by atoms with E-state index in [-0.39, 0.29) is 24.2 Å². The van der Waals surface area contributed by atoms with Crippen molar-refractivity contribution < 1.29 is 19.1 Å². The molecule has 2 amide bonds. The first-order valence-electron chi connectivity index (χ1n) is 6.82. The molecule has 7 nitrogen and oxygen atoms in total. The van der Waals surface area contributed by atoms with Gasteiger partial charge in [-0.25, -0.2) is 0 Å². The van der Waals surface area contributed by atoms with Crippen molar-refractivity contribution >= 4 is 23.3 Å². The van der Waals surface area contributed by atoms with Gasteiger partial charge in [0.2, 0.25) is 16.9 Å². The third kappa shape index (κ3) is 2.55. The van der Waals surface area contributed by atoms with Crippen LogP contribution in [0.3, 0.4) is 0 Å². The van der Waals surface area contributed by atoms with Crippen LogP contribution in [0, 0.1) is 0 Å². The third-order valence-corrected chi connectivity index (χ3v) is 4.55. The molecule has 1 aromatic rings. The summed E-state index contributed by atoms with van der Waals surface area (Å²) in [7, 11) is 2.95. The standard InChI is InChI=1S/C13H17N3O4S/c1-19-11-10(13(20-2)21-14-11)12(18)15-5-6-16(8-3-4-8)9(17)7-15/h8H,3-7H2,1-2H3. The fourth-order valence-electron chi connectivity index (χ4n) is 2.51. The van der Waals surface area contributed by atoms with Gasteiger partial charge in [0.15, 0.2) is 5.56 Å². The molecule has 0 aromatic carbocycles. The highest BCUT2D eigenvalue weighted by molar-refractivity contribution is 7.08. The Hall–Kier alpha value is -1.83. The van der Waals surface area contributed by atoms with Crippen LogP contribution in [0.4, 0.5) is 0 Å². The van der Waals surface area contributed by atoms with E-state index in [0.717, 1.165) is 24.4 Å². The molecule has 0 atom stereocenters. The number of piperazine rings is 1. The Bertz CT molecular complexity index is 548. The van der Waals surface area contributed by atoms with E-state index in [1.807, 2.05) is 4.90 Å². The highest BCUT2D eigenvalue weighted by Crippen LogP contribution is 2.34. The maximum atomic E-state index is 12.6. The molecular formula is C13H17N3O4S. The predicted octanol–water partition coefficient (Wildman–Crippen LogP) is 0.607. The van der Waals surface area contributed by atoms with Gasteiger partial charge in [-0.1, -0.05) is 0 Å². The molecule has 1 saturated heterocycles. The maximum absolute atomic E-state index is 12.6. The Morgan fingerprint density at radius 2 is 2.05 bits per heavy atom. The van der Waals surface area contributed by atoms with Crippen LogP contribution >= 0.6 is 11.5 Å². The number of carbonyl (C=O) groups is 2. The summed E-state index contributed by atoms with van der Waals surface area (Å²) in [5, 5.41) is 0.411. The highest BCUT2D eigenvalue weighted by atomic mass is 32.1. The molecule has 1 aliphatic carbocycles. The smallest absolute Gasteiger partial charge is 0.264 e. The summed E-state index contributed by atoms with van der Waals surface area (Å²) in [4.78, 5) is 28.2. The number of nitrogens with zero attached hydrogens (tertiary/aromatic N) is 3. The van der Waals surface area contributed by atoms with E-state index in [4.69, 9.17) is 9.47 Å². The van der Waals surface area contributed by atoms with Crippen LogP contribution in [0.15, 0.2) is 0 Å². The molecule has 1 saturated carbocycles. The summed E-state index contributed by atoms with van der Waals surface area (Å²) in [6.07, 6.45) is 2.16. The minimum absolute atomic E-state index is 0.0122. The number of methoxy groups -OCH3 is 2. The van der Waals surface area contributed by atoms with Crippen molar-refractivity contribution in [3.05, 3.63) is 5.56 Å². The summed E-state index contributed by atoms with van der Waals surface area (Å²) in [6.45, 7) is 1.23. The topological polar surface area (TPSA) is 72.0 Å². The Morgan fingerprint density at radius 3 is 2.62 bits per heavy atom. The lowest BCUT2D eigenvalue weighted by Gasteiger charge is -2.34. The highest BCUT2D eigenvalue weighted by Gasteiger charge is 2.38. The molecule has 1 aliphatic heterocycles. The van der Waals surface area contributed by atoms with Crippen molar-refractivity contribution in [2.24, 2.45) is 0 Å². The van der Waals surface area contributed by atoms with Crippen LogP contribution in [0.1, 0.15) is 23.2 Å². The number of hydrogen-bond donors (Lipinski definition) is 0.